The fraction of sp³-hybridized carbons (Fsp3) is 0. The maximum atomic E-state index is 4.14. The van der Waals surface area contributed by atoms with Crippen LogP contribution in [0.15, 0.2) is 25.0 Å². The highest BCUT2D eigenvalue weighted by atomic mass is 14.9. The van der Waals surface area contributed by atoms with Crippen molar-refractivity contribution in [2.75, 3.05) is 0 Å². The van der Waals surface area contributed by atoms with Crippen molar-refractivity contribution in [3.8, 4) is 0 Å². The van der Waals surface area contributed by atoms with Crippen molar-refractivity contribution in [2.45, 2.75) is 0 Å². The summed E-state index contributed by atoms with van der Waals surface area (Å²) >= 11 is 0. The minimum absolute atomic E-state index is 0.840. The minimum atomic E-state index is 0.840. The lowest BCUT2D eigenvalue weighted by atomic mass is 10.4. The van der Waals surface area contributed by atoms with Crippen LogP contribution in [0.1, 0.15) is 0 Å². The molecule has 0 atom stereocenters. The lowest BCUT2D eigenvalue weighted by Crippen LogP contribution is -1.78. The summed E-state index contributed by atoms with van der Waals surface area (Å²) in [5.74, 6) is 0. The summed E-state index contributed by atoms with van der Waals surface area (Å²) in [6.45, 7) is 0. The van der Waals surface area contributed by atoms with Crippen molar-refractivity contribution in [1.29, 1.82) is 0 Å². The zero-order chi connectivity index (χ0) is 8.67. The topological polar surface area (TPSA) is 67.3 Å². The van der Waals surface area contributed by atoms with Gasteiger partial charge < -0.3 is 4.98 Å². The molecule has 0 spiro atoms. The predicted molar refractivity (Wildman–Crippen MR) is 47.0 cm³/mol. The average Bonchev–Trinajstić information content (AvgIpc) is 2.56. The third-order valence-electron chi connectivity index (χ3n) is 1.92. The number of rotatable bonds is 0. The van der Waals surface area contributed by atoms with E-state index in [2.05, 4.69) is 24.9 Å². The SMILES string of the molecule is c1ncc2[nH]c3cncnc3c2n1. The first kappa shape index (κ1) is 6.47. The fourth-order valence-corrected chi connectivity index (χ4v) is 1.36. The molecule has 5 heteroatoms. The number of aromatic nitrogens is 5. The second-order valence-electron chi connectivity index (χ2n) is 2.70. The molecular weight excluding hydrogens is 166 g/mol. The summed E-state index contributed by atoms with van der Waals surface area (Å²) in [7, 11) is 0. The second kappa shape index (κ2) is 2.22. The van der Waals surface area contributed by atoms with Crippen molar-refractivity contribution in [2.24, 2.45) is 0 Å². The molecule has 0 bridgehead atoms. The van der Waals surface area contributed by atoms with Gasteiger partial charge in [0.1, 0.15) is 23.7 Å². The first-order valence-corrected chi connectivity index (χ1v) is 3.82. The maximum absolute atomic E-state index is 4.14. The molecule has 5 nitrogen and oxygen atoms in total. The largest absolute Gasteiger partial charge is 0.349 e. The number of aromatic amines is 1. The smallest absolute Gasteiger partial charge is 0.118 e. The second-order valence-corrected chi connectivity index (χ2v) is 2.70. The van der Waals surface area contributed by atoms with E-state index in [1.165, 1.54) is 12.7 Å². The summed E-state index contributed by atoms with van der Waals surface area (Å²) in [4.78, 5) is 19.2. The molecule has 0 fully saturated rings. The zero-order valence-corrected chi connectivity index (χ0v) is 6.60. The van der Waals surface area contributed by atoms with E-state index in [4.69, 9.17) is 0 Å². The van der Waals surface area contributed by atoms with Crippen LogP contribution in [0.3, 0.4) is 0 Å². The van der Waals surface area contributed by atoms with E-state index in [1.807, 2.05) is 0 Å². The highest BCUT2D eigenvalue weighted by molar-refractivity contribution is 6.01. The Morgan fingerprint density at radius 3 is 1.92 bits per heavy atom. The number of nitrogens with zero attached hydrogens (tertiary/aromatic N) is 4. The van der Waals surface area contributed by atoms with E-state index >= 15 is 0 Å². The quantitative estimate of drug-likeness (QED) is 0.545. The predicted octanol–water partition coefficient (Wildman–Crippen LogP) is 0.901. The molecule has 3 heterocycles. The minimum Gasteiger partial charge on any atom is -0.349 e. The molecule has 0 aliphatic carbocycles. The summed E-state index contributed by atoms with van der Waals surface area (Å²) in [6, 6.07) is 0. The molecule has 0 saturated carbocycles. The first-order chi connectivity index (χ1) is 6.45. The molecule has 0 amide bonds. The van der Waals surface area contributed by atoms with Gasteiger partial charge in [-0.25, -0.2) is 19.9 Å². The van der Waals surface area contributed by atoms with E-state index in [9.17, 15) is 0 Å². The van der Waals surface area contributed by atoms with Crippen LogP contribution in [0, 0.1) is 0 Å². The van der Waals surface area contributed by atoms with Crippen LogP contribution in [0.4, 0.5) is 0 Å². The Bertz CT molecular complexity index is 520. The lowest BCUT2D eigenvalue weighted by molar-refractivity contribution is 1.21. The van der Waals surface area contributed by atoms with Gasteiger partial charge in [0, 0.05) is 0 Å². The average molecular weight is 171 g/mol. The van der Waals surface area contributed by atoms with Gasteiger partial charge in [-0.3, -0.25) is 0 Å². The highest BCUT2D eigenvalue weighted by Crippen LogP contribution is 2.18. The van der Waals surface area contributed by atoms with Crippen LogP contribution in [0.5, 0.6) is 0 Å². The Morgan fingerprint density at radius 1 is 0.846 bits per heavy atom. The summed E-state index contributed by atoms with van der Waals surface area (Å²) < 4.78 is 0. The number of nitrogens with one attached hydrogen (secondary N) is 1. The van der Waals surface area contributed by atoms with Gasteiger partial charge in [0.2, 0.25) is 0 Å². The summed E-state index contributed by atoms with van der Waals surface area (Å²) in [5, 5.41) is 0. The Labute approximate surface area is 72.9 Å². The van der Waals surface area contributed by atoms with Crippen LogP contribution in [-0.4, -0.2) is 24.9 Å². The number of hydrogen-bond donors (Lipinski definition) is 1. The first-order valence-electron chi connectivity index (χ1n) is 3.82. The van der Waals surface area contributed by atoms with E-state index in [1.54, 1.807) is 12.4 Å². The Hall–Kier alpha value is -2.04. The molecule has 13 heavy (non-hydrogen) atoms. The van der Waals surface area contributed by atoms with Gasteiger partial charge in [-0.15, -0.1) is 0 Å². The van der Waals surface area contributed by atoms with Gasteiger partial charge in [-0.05, 0) is 0 Å². The van der Waals surface area contributed by atoms with Gasteiger partial charge in [0.25, 0.3) is 0 Å². The van der Waals surface area contributed by atoms with Crippen LogP contribution in [-0.2, 0) is 0 Å². The highest BCUT2D eigenvalue weighted by Gasteiger charge is 2.04. The molecule has 0 aliphatic heterocycles. The molecule has 0 unspecified atom stereocenters. The lowest BCUT2D eigenvalue weighted by Gasteiger charge is -1.85. The fourth-order valence-electron chi connectivity index (χ4n) is 1.36. The van der Waals surface area contributed by atoms with Crippen molar-refractivity contribution < 1.29 is 0 Å². The van der Waals surface area contributed by atoms with E-state index in [0.717, 1.165) is 22.1 Å². The van der Waals surface area contributed by atoms with Gasteiger partial charge in [-0.1, -0.05) is 0 Å². The van der Waals surface area contributed by atoms with Crippen LogP contribution >= 0.6 is 0 Å². The molecule has 62 valence electrons. The number of H-pyrrole nitrogens is 1. The molecule has 0 saturated heterocycles. The van der Waals surface area contributed by atoms with Gasteiger partial charge in [0.15, 0.2) is 0 Å². The van der Waals surface area contributed by atoms with Crippen LogP contribution < -0.4 is 0 Å². The maximum Gasteiger partial charge on any atom is 0.118 e. The van der Waals surface area contributed by atoms with E-state index in [-0.39, 0.29) is 0 Å². The molecule has 0 aliphatic rings. The van der Waals surface area contributed by atoms with E-state index < -0.39 is 0 Å². The molecule has 1 N–H and O–H groups in total. The molecule has 0 radical (unpaired) electrons. The van der Waals surface area contributed by atoms with Gasteiger partial charge in [-0.2, -0.15) is 0 Å². The van der Waals surface area contributed by atoms with Gasteiger partial charge in [0.05, 0.1) is 23.4 Å². The normalized spacial score (nSPS) is 11.1. The van der Waals surface area contributed by atoms with Crippen molar-refractivity contribution >= 4 is 22.1 Å². The third kappa shape index (κ3) is 0.807. The Kier molecular flexibility index (Phi) is 1.11. The molecule has 0 aromatic carbocycles. The van der Waals surface area contributed by atoms with E-state index in [0.29, 0.717) is 0 Å². The Morgan fingerprint density at radius 2 is 1.38 bits per heavy atom. The Balaban J connectivity index is 2.64. The monoisotopic (exact) mass is 171 g/mol. The van der Waals surface area contributed by atoms with Crippen molar-refractivity contribution in [3.63, 3.8) is 0 Å². The summed E-state index contributed by atoms with van der Waals surface area (Å²) in [6.07, 6.45) is 6.48. The standard InChI is InChI=1S/C8H5N5/c1-5-7(11-3-9-1)8-6(13-5)2-10-4-12-8/h1-4,13H. The number of hydrogen-bond acceptors (Lipinski definition) is 4. The zero-order valence-electron chi connectivity index (χ0n) is 6.60. The van der Waals surface area contributed by atoms with Gasteiger partial charge >= 0.3 is 0 Å². The van der Waals surface area contributed by atoms with Crippen LogP contribution in [0.25, 0.3) is 22.1 Å². The van der Waals surface area contributed by atoms with Crippen molar-refractivity contribution in [1.82, 2.24) is 24.9 Å². The van der Waals surface area contributed by atoms with Crippen LogP contribution in [0.2, 0.25) is 0 Å². The van der Waals surface area contributed by atoms with Crippen molar-refractivity contribution in [3.05, 3.63) is 25.0 Å². The molecule has 3 aromatic heterocycles. The summed E-state index contributed by atoms with van der Waals surface area (Å²) in [5.41, 5.74) is 3.45. The third-order valence-corrected chi connectivity index (χ3v) is 1.92. The number of fused-ring (bicyclic) bond motifs is 3. The molecular formula is C8H5N5. The molecule has 3 rings (SSSR count). The molecule has 3 aromatic rings.